The minimum absolute atomic E-state index is 0.302. The normalized spacial score (nSPS) is 12.4. The smallest absolute Gasteiger partial charge is 0.272 e. The second-order valence-electron chi connectivity index (χ2n) is 4.48. The predicted molar refractivity (Wildman–Crippen MR) is 69.5 cm³/mol. The molecule has 0 fully saturated rings. The van der Waals surface area contributed by atoms with Crippen molar-refractivity contribution in [3.05, 3.63) is 29.2 Å². The molecule has 0 saturated heterocycles. The molecule has 0 spiro atoms. The van der Waals surface area contributed by atoms with Crippen LogP contribution in [0.3, 0.4) is 0 Å². The molecule has 0 bridgehead atoms. The van der Waals surface area contributed by atoms with E-state index >= 15 is 0 Å². The van der Waals surface area contributed by atoms with Gasteiger partial charge in [0.05, 0.1) is 17.6 Å². The Bertz CT molecular complexity index is 614. The number of anilines is 1. The lowest BCUT2D eigenvalue weighted by molar-refractivity contribution is 0.0925. The number of carbonyl (C=O) groups excluding carboxylic acids is 1. The van der Waals surface area contributed by atoms with Crippen LogP contribution in [-0.4, -0.2) is 20.7 Å². The molecule has 2 aromatic rings. The number of hydrogen-bond acceptors (Lipinski definition) is 5. The zero-order valence-electron chi connectivity index (χ0n) is 11.4. The molecule has 3 N–H and O–H groups in total. The van der Waals surface area contributed by atoms with Gasteiger partial charge in [-0.25, -0.2) is 4.98 Å². The van der Waals surface area contributed by atoms with Crippen molar-refractivity contribution in [1.82, 2.24) is 20.1 Å². The van der Waals surface area contributed by atoms with Crippen molar-refractivity contribution in [3.63, 3.8) is 0 Å². The van der Waals surface area contributed by atoms with E-state index in [9.17, 15) is 4.79 Å². The average Bonchev–Trinajstić information content (AvgIpc) is 2.84. The molecule has 1 unspecified atom stereocenters. The third-order valence-electron chi connectivity index (χ3n) is 2.84. The summed E-state index contributed by atoms with van der Waals surface area (Å²) in [7, 11) is 1.68. The number of oxazole rings is 1. The van der Waals surface area contributed by atoms with Gasteiger partial charge in [0, 0.05) is 7.05 Å². The highest BCUT2D eigenvalue weighted by atomic mass is 16.4. The number of aromatic nitrogens is 3. The minimum Gasteiger partial charge on any atom is -0.444 e. The van der Waals surface area contributed by atoms with E-state index in [1.807, 2.05) is 0 Å². The summed E-state index contributed by atoms with van der Waals surface area (Å²) in [6.07, 6.45) is 1.61. The van der Waals surface area contributed by atoms with E-state index in [1.54, 1.807) is 34.0 Å². The molecule has 0 aromatic carbocycles. The van der Waals surface area contributed by atoms with Crippen LogP contribution >= 0.6 is 0 Å². The molecule has 2 heterocycles. The Morgan fingerprint density at radius 2 is 2.21 bits per heavy atom. The Morgan fingerprint density at radius 1 is 1.53 bits per heavy atom. The van der Waals surface area contributed by atoms with Crippen LogP contribution in [0.1, 0.15) is 40.8 Å². The summed E-state index contributed by atoms with van der Waals surface area (Å²) in [4.78, 5) is 16.2. The number of amides is 1. The summed E-state index contributed by atoms with van der Waals surface area (Å²) >= 11 is 0. The first kappa shape index (κ1) is 13.1. The number of nitrogens with zero attached hydrogens (tertiary/aromatic N) is 3. The van der Waals surface area contributed by atoms with Crippen LogP contribution in [-0.2, 0) is 7.05 Å². The van der Waals surface area contributed by atoms with Gasteiger partial charge in [0.1, 0.15) is 17.5 Å². The van der Waals surface area contributed by atoms with E-state index in [0.717, 1.165) is 0 Å². The fourth-order valence-corrected chi connectivity index (χ4v) is 1.84. The molecule has 0 radical (unpaired) electrons. The van der Waals surface area contributed by atoms with Crippen LogP contribution in [0.15, 0.2) is 10.6 Å². The lowest BCUT2D eigenvalue weighted by Crippen LogP contribution is -2.29. The Labute approximate surface area is 110 Å². The summed E-state index contributed by atoms with van der Waals surface area (Å²) in [5.74, 6) is 0.860. The van der Waals surface area contributed by atoms with Gasteiger partial charge in [0.25, 0.3) is 5.91 Å². The van der Waals surface area contributed by atoms with Crippen LogP contribution in [0.5, 0.6) is 0 Å². The first-order valence-corrected chi connectivity index (χ1v) is 5.92. The fraction of sp³-hybridized carbons (Fsp3) is 0.417. The van der Waals surface area contributed by atoms with Gasteiger partial charge < -0.3 is 15.5 Å². The van der Waals surface area contributed by atoms with Crippen LogP contribution in [0, 0.1) is 13.8 Å². The first-order chi connectivity index (χ1) is 8.90. The van der Waals surface area contributed by atoms with Gasteiger partial charge in [-0.05, 0) is 20.8 Å². The van der Waals surface area contributed by atoms with Gasteiger partial charge in [0.15, 0.2) is 0 Å². The maximum Gasteiger partial charge on any atom is 0.272 e. The molecule has 0 aliphatic heterocycles. The second kappa shape index (κ2) is 4.75. The maximum atomic E-state index is 12.2. The molecule has 1 atom stereocenters. The summed E-state index contributed by atoms with van der Waals surface area (Å²) in [6, 6.07) is -0.337. The van der Waals surface area contributed by atoms with Crippen molar-refractivity contribution in [1.29, 1.82) is 0 Å². The van der Waals surface area contributed by atoms with Crippen molar-refractivity contribution in [3.8, 4) is 0 Å². The number of carbonyl (C=O) groups is 1. The first-order valence-electron chi connectivity index (χ1n) is 5.92. The van der Waals surface area contributed by atoms with Gasteiger partial charge in [0.2, 0.25) is 5.89 Å². The van der Waals surface area contributed by atoms with Crippen molar-refractivity contribution >= 4 is 11.6 Å². The van der Waals surface area contributed by atoms with Gasteiger partial charge >= 0.3 is 0 Å². The molecule has 7 nitrogen and oxygen atoms in total. The number of nitrogens with two attached hydrogens (primary N) is 1. The van der Waals surface area contributed by atoms with Crippen molar-refractivity contribution in [2.24, 2.45) is 7.05 Å². The number of aryl methyl sites for hydroxylation is 3. The highest BCUT2D eigenvalue weighted by Crippen LogP contribution is 2.17. The fourth-order valence-electron chi connectivity index (χ4n) is 1.84. The maximum absolute atomic E-state index is 12.2. The van der Waals surface area contributed by atoms with Crippen molar-refractivity contribution < 1.29 is 9.21 Å². The zero-order chi connectivity index (χ0) is 14.2. The molecule has 19 heavy (non-hydrogen) atoms. The van der Waals surface area contributed by atoms with Crippen LogP contribution in [0.2, 0.25) is 0 Å². The lowest BCUT2D eigenvalue weighted by Gasteiger charge is -2.11. The Kier molecular flexibility index (Phi) is 3.28. The predicted octanol–water partition coefficient (Wildman–Crippen LogP) is 1.10. The molecule has 7 heteroatoms. The third kappa shape index (κ3) is 2.44. The summed E-state index contributed by atoms with van der Waals surface area (Å²) in [5, 5.41) is 6.89. The van der Waals surface area contributed by atoms with Crippen LogP contribution < -0.4 is 11.1 Å². The van der Waals surface area contributed by atoms with Crippen molar-refractivity contribution in [2.75, 3.05) is 5.73 Å². The van der Waals surface area contributed by atoms with Gasteiger partial charge in [-0.1, -0.05) is 0 Å². The van der Waals surface area contributed by atoms with E-state index in [2.05, 4.69) is 15.4 Å². The lowest BCUT2D eigenvalue weighted by atomic mass is 10.2. The molecular weight excluding hydrogens is 246 g/mol. The summed E-state index contributed by atoms with van der Waals surface area (Å²) in [5.41, 5.74) is 7.20. The Hall–Kier alpha value is -2.31. The van der Waals surface area contributed by atoms with Gasteiger partial charge in [-0.15, -0.1) is 0 Å². The van der Waals surface area contributed by atoms with Crippen LogP contribution in [0.4, 0.5) is 5.69 Å². The molecular formula is C12H17N5O2. The number of nitrogen functional groups attached to an aromatic ring is 1. The van der Waals surface area contributed by atoms with Crippen LogP contribution in [0.25, 0.3) is 0 Å². The van der Waals surface area contributed by atoms with E-state index < -0.39 is 0 Å². The van der Waals surface area contributed by atoms with Gasteiger partial charge in [-0.2, -0.15) is 5.10 Å². The van der Waals surface area contributed by atoms with E-state index in [4.69, 9.17) is 10.2 Å². The van der Waals surface area contributed by atoms with Gasteiger partial charge in [-0.3, -0.25) is 9.48 Å². The standard InChI is InChI=1S/C12H17N5O2/c1-6-5-14-12(19-6)8(3)15-11(18)10-9(13)7(2)16-17(10)4/h5,8H,13H2,1-4H3,(H,15,18). The summed E-state index contributed by atoms with van der Waals surface area (Å²) < 4.78 is 6.83. The van der Waals surface area contributed by atoms with E-state index in [0.29, 0.717) is 28.7 Å². The summed E-state index contributed by atoms with van der Waals surface area (Å²) in [6.45, 7) is 5.35. The minimum atomic E-state index is -0.337. The number of nitrogens with one attached hydrogen (secondary N) is 1. The highest BCUT2D eigenvalue weighted by Gasteiger charge is 2.21. The Morgan fingerprint density at radius 3 is 2.68 bits per heavy atom. The molecule has 0 aliphatic rings. The van der Waals surface area contributed by atoms with E-state index in [-0.39, 0.29) is 11.9 Å². The second-order valence-corrected chi connectivity index (χ2v) is 4.48. The monoisotopic (exact) mass is 263 g/mol. The molecule has 0 aliphatic carbocycles. The quantitative estimate of drug-likeness (QED) is 0.863. The number of hydrogen-bond donors (Lipinski definition) is 2. The SMILES string of the molecule is Cc1cnc(C(C)NC(=O)c2c(N)c(C)nn2C)o1. The Balaban J connectivity index is 2.17. The average molecular weight is 263 g/mol. The number of rotatable bonds is 3. The molecule has 2 rings (SSSR count). The molecule has 2 aromatic heterocycles. The topological polar surface area (TPSA) is 99.0 Å². The molecule has 0 saturated carbocycles. The zero-order valence-corrected chi connectivity index (χ0v) is 11.4. The molecule has 102 valence electrons. The molecule has 1 amide bonds. The van der Waals surface area contributed by atoms with Crippen molar-refractivity contribution in [2.45, 2.75) is 26.8 Å². The largest absolute Gasteiger partial charge is 0.444 e. The van der Waals surface area contributed by atoms with E-state index in [1.165, 1.54) is 4.68 Å². The third-order valence-corrected chi connectivity index (χ3v) is 2.84. The highest BCUT2D eigenvalue weighted by molar-refractivity contribution is 5.98.